The molecule has 2 aromatic rings. The molecular formula is C27H32N2O6. The molecule has 35 heavy (non-hydrogen) atoms. The number of nitrogens with zero attached hydrogens (tertiary/aromatic N) is 1. The molecule has 1 heterocycles. The highest BCUT2D eigenvalue weighted by molar-refractivity contribution is 5.82. The number of benzene rings is 2. The molecule has 3 atom stereocenters. The van der Waals surface area contributed by atoms with Crippen LogP contribution in [-0.2, 0) is 19.1 Å². The average Bonchev–Trinajstić information content (AvgIpc) is 3.18. The second-order valence-corrected chi connectivity index (χ2v) is 9.26. The number of carbonyl (C=O) groups excluding carboxylic acids is 2. The highest BCUT2D eigenvalue weighted by Crippen LogP contribution is 2.44. The predicted octanol–water partition coefficient (Wildman–Crippen LogP) is 3.50. The number of rotatable bonds is 8. The van der Waals surface area contributed by atoms with Crippen molar-refractivity contribution < 1.29 is 29.0 Å². The summed E-state index contributed by atoms with van der Waals surface area (Å²) in [6.45, 7) is 3.07. The quantitative estimate of drug-likeness (QED) is 0.599. The van der Waals surface area contributed by atoms with Gasteiger partial charge in [-0.15, -0.1) is 0 Å². The van der Waals surface area contributed by atoms with Crippen LogP contribution in [0.4, 0.5) is 4.79 Å². The van der Waals surface area contributed by atoms with E-state index in [0.717, 1.165) is 11.1 Å². The minimum Gasteiger partial charge on any atom is -0.481 e. The van der Waals surface area contributed by atoms with Crippen LogP contribution in [0.5, 0.6) is 0 Å². The molecule has 186 valence electrons. The molecule has 1 fully saturated rings. The lowest BCUT2D eigenvalue weighted by Crippen LogP contribution is -2.49. The van der Waals surface area contributed by atoms with Gasteiger partial charge in [0.25, 0.3) is 5.91 Å². The molecule has 1 aliphatic carbocycles. The lowest BCUT2D eigenvalue weighted by Gasteiger charge is -2.36. The number of nitrogens with one attached hydrogen (secondary N) is 1. The molecule has 1 aliphatic heterocycles. The van der Waals surface area contributed by atoms with Crippen LogP contribution < -0.4 is 5.32 Å². The van der Waals surface area contributed by atoms with Crippen LogP contribution in [0.25, 0.3) is 11.1 Å². The predicted molar refractivity (Wildman–Crippen MR) is 130 cm³/mol. The summed E-state index contributed by atoms with van der Waals surface area (Å²) in [5.74, 6) is -1.58. The van der Waals surface area contributed by atoms with Gasteiger partial charge >= 0.3 is 12.1 Å². The number of methoxy groups -OCH3 is 1. The Kier molecular flexibility index (Phi) is 7.70. The first-order valence-electron chi connectivity index (χ1n) is 12.0. The first-order chi connectivity index (χ1) is 16.9. The second-order valence-electron chi connectivity index (χ2n) is 9.26. The second kappa shape index (κ2) is 10.9. The third-order valence-corrected chi connectivity index (χ3v) is 7.11. The Morgan fingerprint density at radius 3 is 2.29 bits per heavy atom. The monoisotopic (exact) mass is 480 g/mol. The van der Waals surface area contributed by atoms with Gasteiger partial charge in [-0.2, -0.15) is 0 Å². The van der Waals surface area contributed by atoms with Crippen LogP contribution in [0.2, 0.25) is 0 Å². The number of hydrogen-bond acceptors (Lipinski definition) is 5. The molecule has 2 N–H and O–H groups in total. The Morgan fingerprint density at radius 2 is 1.71 bits per heavy atom. The van der Waals surface area contributed by atoms with Gasteiger partial charge in [-0.25, -0.2) is 4.79 Å². The number of carbonyl (C=O) groups is 3. The minimum absolute atomic E-state index is 0.0165. The largest absolute Gasteiger partial charge is 0.481 e. The van der Waals surface area contributed by atoms with Gasteiger partial charge in [0, 0.05) is 39.1 Å². The van der Waals surface area contributed by atoms with Gasteiger partial charge in [-0.05, 0) is 34.6 Å². The number of alkyl carbamates (subject to hydrolysis) is 1. The molecule has 4 rings (SSSR count). The normalized spacial score (nSPS) is 20.0. The van der Waals surface area contributed by atoms with Gasteiger partial charge in [-0.3, -0.25) is 9.59 Å². The Morgan fingerprint density at radius 1 is 1.09 bits per heavy atom. The van der Waals surface area contributed by atoms with E-state index in [0.29, 0.717) is 25.9 Å². The Labute approximate surface area is 205 Å². The third kappa shape index (κ3) is 5.32. The number of carboxylic acids is 1. The van der Waals surface area contributed by atoms with Crippen LogP contribution >= 0.6 is 0 Å². The van der Waals surface area contributed by atoms with Gasteiger partial charge in [0.1, 0.15) is 12.7 Å². The maximum atomic E-state index is 12.9. The van der Waals surface area contributed by atoms with Crippen LogP contribution in [0.1, 0.15) is 36.8 Å². The summed E-state index contributed by atoms with van der Waals surface area (Å²) >= 11 is 0. The molecule has 3 unspecified atom stereocenters. The maximum Gasteiger partial charge on any atom is 0.407 e. The zero-order chi connectivity index (χ0) is 24.9. The zero-order valence-electron chi connectivity index (χ0n) is 20.1. The van der Waals surface area contributed by atoms with Crippen molar-refractivity contribution in [1.29, 1.82) is 0 Å². The van der Waals surface area contributed by atoms with Crippen molar-refractivity contribution in [3.05, 3.63) is 59.7 Å². The summed E-state index contributed by atoms with van der Waals surface area (Å²) in [7, 11) is 1.46. The van der Waals surface area contributed by atoms with Crippen molar-refractivity contribution in [3.8, 4) is 11.1 Å². The molecule has 8 nitrogen and oxygen atoms in total. The highest BCUT2D eigenvalue weighted by Gasteiger charge is 2.35. The molecule has 0 saturated carbocycles. The van der Waals surface area contributed by atoms with Crippen molar-refractivity contribution in [2.24, 2.45) is 11.8 Å². The summed E-state index contributed by atoms with van der Waals surface area (Å²) in [6, 6.07) is 16.3. The van der Waals surface area contributed by atoms with E-state index in [2.05, 4.69) is 29.6 Å². The standard InChI is InChI=1S/C27H32N2O6/c1-17-15-29(14-12-18(17)26(31)32)25(30)24(34-2)11-13-28-27(33)35-16-23-21-9-5-3-7-19(21)20-8-4-6-10-22(20)23/h3-10,17-18,23-24H,11-16H2,1-2H3,(H,28,33)(H,31,32). The molecule has 2 amide bonds. The van der Waals surface area contributed by atoms with E-state index < -0.39 is 24.1 Å². The van der Waals surface area contributed by atoms with Crippen molar-refractivity contribution in [2.45, 2.75) is 31.8 Å². The molecule has 2 aromatic carbocycles. The van der Waals surface area contributed by atoms with E-state index >= 15 is 0 Å². The number of aliphatic carboxylic acids is 1. The number of fused-ring (bicyclic) bond motifs is 3. The van der Waals surface area contributed by atoms with Gasteiger partial charge in [0.2, 0.25) is 0 Å². The minimum atomic E-state index is -0.819. The molecule has 2 aliphatic rings. The Hall–Kier alpha value is -3.39. The third-order valence-electron chi connectivity index (χ3n) is 7.11. The fourth-order valence-electron chi connectivity index (χ4n) is 5.21. The van der Waals surface area contributed by atoms with Crippen LogP contribution in [0, 0.1) is 11.8 Å². The molecule has 1 saturated heterocycles. The van der Waals surface area contributed by atoms with Gasteiger partial charge in [-0.1, -0.05) is 55.5 Å². The lowest BCUT2D eigenvalue weighted by molar-refractivity contribution is -0.152. The lowest BCUT2D eigenvalue weighted by atomic mass is 9.87. The number of ether oxygens (including phenoxy) is 2. The van der Waals surface area contributed by atoms with E-state index in [1.54, 1.807) is 4.90 Å². The molecule has 0 radical (unpaired) electrons. The van der Waals surface area contributed by atoms with Crippen LogP contribution in [0.3, 0.4) is 0 Å². The first-order valence-corrected chi connectivity index (χ1v) is 12.0. The summed E-state index contributed by atoms with van der Waals surface area (Å²) in [4.78, 5) is 38.2. The smallest absolute Gasteiger partial charge is 0.407 e. The van der Waals surface area contributed by atoms with E-state index in [4.69, 9.17) is 9.47 Å². The number of carboxylic acid groups (broad SMARTS) is 1. The van der Waals surface area contributed by atoms with E-state index in [1.165, 1.54) is 18.2 Å². The summed E-state index contributed by atoms with van der Waals surface area (Å²) in [5.41, 5.74) is 4.63. The number of hydrogen-bond donors (Lipinski definition) is 2. The first kappa shape index (κ1) is 24.7. The molecule has 0 bridgehead atoms. The number of piperidine rings is 1. The molecule has 0 aromatic heterocycles. The number of likely N-dealkylation sites (tertiary alicyclic amines) is 1. The van der Waals surface area contributed by atoms with Crippen molar-refractivity contribution in [3.63, 3.8) is 0 Å². The van der Waals surface area contributed by atoms with E-state index in [1.807, 2.05) is 31.2 Å². The van der Waals surface area contributed by atoms with Gasteiger partial charge in [0.15, 0.2) is 0 Å². The van der Waals surface area contributed by atoms with Crippen molar-refractivity contribution >= 4 is 18.0 Å². The maximum absolute atomic E-state index is 12.9. The van der Waals surface area contributed by atoms with E-state index in [9.17, 15) is 19.5 Å². The fraction of sp³-hybridized carbons (Fsp3) is 0.444. The van der Waals surface area contributed by atoms with Crippen LogP contribution in [-0.4, -0.2) is 67.4 Å². The molecular weight excluding hydrogens is 448 g/mol. The topological polar surface area (TPSA) is 105 Å². The summed E-state index contributed by atoms with van der Waals surface area (Å²) < 4.78 is 10.9. The summed E-state index contributed by atoms with van der Waals surface area (Å²) in [6.07, 6.45) is -0.522. The average molecular weight is 481 g/mol. The zero-order valence-corrected chi connectivity index (χ0v) is 20.1. The fourth-order valence-corrected chi connectivity index (χ4v) is 5.21. The van der Waals surface area contributed by atoms with E-state index in [-0.39, 0.29) is 30.9 Å². The Balaban J connectivity index is 1.26. The van der Waals surface area contributed by atoms with Crippen molar-refractivity contribution in [2.75, 3.05) is 33.4 Å². The number of amides is 2. The van der Waals surface area contributed by atoms with Gasteiger partial charge in [0.05, 0.1) is 5.92 Å². The highest BCUT2D eigenvalue weighted by atomic mass is 16.5. The molecule has 0 spiro atoms. The SMILES string of the molecule is COC(CCNC(=O)OCC1c2ccccc2-c2ccccc21)C(=O)N1CCC(C(=O)O)C(C)C1. The Bertz CT molecular complexity index is 1040. The van der Waals surface area contributed by atoms with Crippen molar-refractivity contribution in [1.82, 2.24) is 10.2 Å². The van der Waals surface area contributed by atoms with Gasteiger partial charge < -0.3 is 24.8 Å². The molecule has 8 heteroatoms. The van der Waals surface area contributed by atoms with Crippen LogP contribution in [0.15, 0.2) is 48.5 Å². The summed E-state index contributed by atoms with van der Waals surface area (Å²) in [5, 5.41) is 12.0.